The Hall–Kier alpha value is -1.96. The molecule has 0 bridgehead atoms. The summed E-state index contributed by atoms with van der Waals surface area (Å²) in [5.74, 6) is -3.67. The third-order valence-electron chi connectivity index (χ3n) is 3.81. The smallest absolute Gasteiger partial charge is 0.358 e. The van der Waals surface area contributed by atoms with E-state index < -0.39 is 38.0 Å². The first-order valence-corrected chi connectivity index (χ1v) is 8.04. The lowest BCUT2D eigenvalue weighted by Gasteiger charge is -2.26. The molecule has 2 atom stereocenters. The Balaban J connectivity index is 2.55. The number of carboxylic acids is 1. The molecule has 22 heavy (non-hydrogen) atoms. The molecule has 0 heterocycles. The number of ketones is 1. The Morgan fingerprint density at radius 1 is 1.45 bits per heavy atom. The fourth-order valence-corrected chi connectivity index (χ4v) is 4.32. The maximum Gasteiger partial charge on any atom is 0.358 e. The van der Waals surface area contributed by atoms with Crippen LogP contribution in [0.1, 0.15) is 19.3 Å². The Labute approximate surface area is 126 Å². The summed E-state index contributed by atoms with van der Waals surface area (Å²) in [6.07, 6.45) is -0.520. The van der Waals surface area contributed by atoms with Gasteiger partial charge in [0.05, 0.1) is 12.0 Å². The van der Waals surface area contributed by atoms with Crippen LogP contribution in [-0.4, -0.2) is 37.4 Å². The highest BCUT2D eigenvalue weighted by molar-refractivity contribution is 7.93. The third kappa shape index (κ3) is 2.47. The second-order valence-electron chi connectivity index (χ2n) is 5.11. The van der Waals surface area contributed by atoms with Crippen molar-refractivity contribution in [1.82, 2.24) is 0 Å². The van der Waals surface area contributed by atoms with Crippen molar-refractivity contribution in [2.45, 2.75) is 29.2 Å². The molecule has 8 heteroatoms. The van der Waals surface area contributed by atoms with E-state index in [9.17, 15) is 23.1 Å². The van der Waals surface area contributed by atoms with Crippen LogP contribution in [-0.2, 0) is 19.4 Å². The first-order chi connectivity index (χ1) is 10.2. The topological polar surface area (TPSA) is 97.7 Å². The number of hydrogen-bond donors (Lipinski definition) is 1. The predicted octanol–water partition coefficient (Wildman–Crippen LogP) is 1.59. The average Bonchev–Trinajstić information content (AvgIpc) is 2.92. The summed E-state index contributed by atoms with van der Waals surface area (Å²) in [6.45, 7) is 0. The maximum absolute atomic E-state index is 15.1. The van der Waals surface area contributed by atoms with E-state index >= 15 is 4.39 Å². The van der Waals surface area contributed by atoms with Gasteiger partial charge in [-0.3, -0.25) is 4.79 Å². The molecule has 0 aliphatic heterocycles. The first kappa shape index (κ1) is 16.4. The molecule has 0 radical (unpaired) electrons. The molecule has 1 aliphatic rings. The molecule has 2 unspecified atom stereocenters. The number of alkyl halides is 1. The van der Waals surface area contributed by atoms with Crippen molar-refractivity contribution in [3.05, 3.63) is 24.3 Å². The quantitative estimate of drug-likeness (QED) is 0.880. The number of sulfone groups is 1. The standard InChI is InChI=1S/C14H15FO6S/c1-21-11-3-2-4-12(8-11)22(19,20)14(15,13(17)18)9-5-6-10(16)7-9/h2-4,8-9H,5-7H2,1H3,(H,17,18). The highest BCUT2D eigenvalue weighted by Crippen LogP contribution is 2.42. The molecule has 2 rings (SSSR count). The SMILES string of the molecule is COc1cccc(S(=O)(=O)C(F)(C(=O)O)C2CCC(=O)C2)c1. The highest BCUT2D eigenvalue weighted by Gasteiger charge is 2.60. The van der Waals surface area contributed by atoms with Crippen molar-refractivity contribution in [2.75, 3.05) is 7.11 Å². The second-order valence-corrected chi connectivity index (χ2v) is 7.18. The molecule has 0 saturated heterocycles. The number of ether oxygens (including phenoxy) is 1. The van der Waals surface area contributed by atoms with Crippen LogP contribution in [0.15, 0.2) is 29.2 Å². The number of Topliss-reactive ketones (excluding diaryl/α,β-unsaturated/α-hetero) is 1. The molecule has 0 aromatic heterocycles. The van der Waals surface area contributed by atoms with Crippen LogP contribution >= 0.6 is 0 Å². The summed E-state index contributed by atoms with van der Waals surface area (Å²) in [5, 5.41) is 5.67. The van der Waals surface area contributed by atoms with Crippen LogP contribution in [0.4, 0.5) is 4.39 Å². The van der Waals surface area contributed by atoms with Crippen LogP contribution in [0.5, 0.6) is 5.75 Å². The molecular weight excluding hydrogens is 315 g/mol. The van der Waals surface area contributed by atoms with Crippen molar-refractivity contribution in [2.24, 2.45) is 5.92 Å². The molecule has 0 spiro atoms. The minimum absolute atomic E-state index is 0.0166. The Kier molecular flexibility index (Phi) is 4.23. The van der Waals surface area contributed by atoms with Gasteiger partial charge in [-0.1, -0.05) is 6.07 Å². The van der Waals surface area contributed by atoms with E-state index in [4.69, 9.17) is 4.74 Å². The van der Waals surface area contributed by atoms with Gasteiger partial charge in [0.25, 0.3) is 0 Å². The second kappa shape index (κ2) is 5.68. The molecule has 1 saturated carbocycles. The molecule has 1 N–H and O–H groups in total. The molecular formula is C14H15FO6S. The molecule has 6 nitrogen and oxygen atoms in total. The van der Waals surface area contributed by atoms with E-state index in [-0.39, 0.29) is 24.4 Å². The number of carbonyl (C=O) groups excluding carboxylic acids is 1. The van der Waals surface area contributed by atoms with E-state index in [1.807, 2.05) is 0 Å². The Morgan fingerprint density at radius 3 is 2.64 bits per heavy atom. The van der Waals surface area contributed by atoms with Crippen LogP contribution in [0.2, 0.25) is 0 Å². The van der Waals surface area contributed by atoms with Crippen molar-refractivity contribution < 1.29 is 32.2 Å². The summed E-state index contributed by atoms with van der Waals surface area (Å²) in [6, 6.07) is 4.95. The van der Waals surface area contributed by atoms with Gasteiger partial charge in [0.2, 0.25) is 9.84 Å². The summed E-state index contributed by atoms with van der Waals surface area (Å²) in [7, 11) is -3.53. The number of methoxy groups -OCH3 is 1. The van der Waals surface area contributed by atoms with Gasteiger partial charge in [-0.2, -0.15) is 0 Å². The lowest BCUT2D eigenvalue weighted by atomic mass is 10.0. The number of carbonyl (C=O) groups is 2. The number of rotatable bonds is 5. The van der Waals surface area contributed by atoms with Crippen molar-refractivity contribution in [3.8, 4) is 5.75 Å². The van der Waals surface area contributed by atoms with Gasteiger partial charge in [0.15, 0.2) is 0 Å². The van der Waals surface area contributed by atoms with Gasteiger partial charge in [0, 0.05) is 18.8 Å². The van der Waals surface area contributed by atoms with Gasteiger partial charge in [-0.15, -0.1) is 0 Å². The zero-order valence-corrected chi connectivity index (χ0v) is 12.6. The van der Waals surface area contributed by atoms with Crippen LogP contribution in [0.25, 0.3) is 0 Å². The molecule has 1 aromatic carbocycles. The first-order valence-electron chi connectivity index (χ1n) is 6.56. The average molecular weight is 330 g/mol. The van der Waals surface area contributed by atoms with Gasteiger partial charge >= 0.3 is 11.0 Å². The fourth-order valence-electron chi connectivity index (χ4n) is 2.58. The summed E-state index contributed by atoms with van der Waals surface area (Å²) in [5.41, 5.74) is 0. The molecule has 120 valence electrons. The van der Waals surface area contributed by atoms with Crippen molar-refractivity contribution in [1.29, 1.82) is 0 Å². The van der Waals surface area contributed by atoms with Crippen molar-refractivity contribution in [3.63, 3.8) is 0 Å². The van der Waals surface area contributed by atoms with Crippen LogP contribution in [0, 0.1) is 5.92 Å². The monoisotopic (exact) mass is 330 g/mol. The lowest BCUT2D eigenvalue weighted by molar-refractivity contribution is -0.147. The Bertz CT molecular complexity index is 714. The predicted molar refractivity (Wildman–Crippen MR) is 74.0 cm³/mol. The van der Waals surface area contributed by atoms with Gasteiger partial charge in [-0.25, -0.2) is 17.6 Å². The fraction of sp³-hybridized carbons (Fsp3) is 0.429. The molecule has 1 fully saturated rings. The van der Waals surface area contributed by atoms with E-state index in [2.05, 4.69) is 0 Å². The van der Waals surface area contributed by atoms with Gasteiger partial charge in [0.1, 0.15) is 11.5 Å². The summed E-state index contributed by atoms with van der Waals surface area (Å²) in [4.78, 5) is 22.2. The Morgan fingerprint density at radius 2 is 2.14 bits per heavy atom. The van der Waals surface area contributed by atoms with E-state index in [1.165, 1.54) is 19.2 Å². The van der Waals surface area contributed by atoms with Crippen LogP contribution < -0.4 is 4.74 Å². The van der Waals surface area contributed by atoms with E-state index in [0.29, 0.717) is 0 Å². The highest BCUT2D eigenvalue weighted by atomic mass is 32.2. The molecule has 0 amide bonds. The van der Waals surface area contributed by atoms with Crippen molar-refractivity contribution >= 4 is 21.6 Å². The lowest BCUT2D eigenvalue weighted by Crippen LogP contribution is -2.48. The number of carboxylic acid groups (broad SMARTS) is 1. The van der Waals surface area contributed by atoms with Crippen LogP contribution in [0.3, 0.4) is 0 Å². The number of halogens is 1. The number of aliphatic carboxylic acids is 1. The maximum atomic E-state index is 15.1. The minimum Gasteiger partial charge on any atom is -0.497 e. The largest absolute Gasteiger partial charge is 0.497 e. The van der Waals surface area contributed by atoms with Gasteiger partial charge < -0.3 is 9.84 Å². The normalized spacial score (nSPS) is 21.4. The zero-order chi connectivity index (χ0) is 16.5. The molecule has 1 aliphatic carbocycles. The number of hydrogen-bond acceptors (Lipinski definition) is 5. The molecule has 1 aromatic rings. The van der Waals surface area contributed by atoms with Gasteiger partial charge in [-0.05, 0) is 24.6 Å². The zero-order valence-electron chi connectivity index (χ0n) is 11.8. The summed E-state index contributed by atoms with van der Waals surface area (Å²) >= 11 is 0. The number of benzene rings is 1. The van der Waals surface area contributed by atoms with E-state index in [1.54, 1.807) is 0 Å². The third-order valence-corrected chi connectivity index (χ3v) is 5.97. The van der Waals surface area contributed by atoms with E-state index in [0.717, 1.165) is 12.1 Å². The minimum atomic E-state index is -4.84. The summed E-state index contributed by atoms with van der Waals surface area (Å²) < 4.78 is 45.1.